The van der Waals surface area contributed by atoms with Gasteiger partial charge in [0, 0.05) is 19.6 Å². The van der Waals surface area contributed by atoms with Crippen molar-refractivity contribution in [2.75, 3.05) is 46.8 Å². The number of nitrogens with zero attached hydrogens (tertiary/aromatic N) is 3. The van der Waals surface area contributed by atoms with Gasteiger partial charge in [0.15, 0.2) is 0 Å². The van der Waals surface area contributed by atoms with Gasteiger partial charge in [-0.05, 0) is 38.2 Å². The van der Waals surface area contributed by atoms with Gasteiger partial charge in [-0.1, -0.05) is 60.7 Å². The van der Waals surface area contributed by atoms with Gasteiger partial charge in [-0.2, -0.15) is 0 Å². The first-order valence-corrected chi connectivity index (χ1v) is 11.1. The fourth-order valence-corrected chi connectivity index (χ4v) is 3.70. The van der Waals surface area contributed by atoms with Crippen molar-refractivity contribution in [3.8, 4) is 0 Å². The number of carbonyl (C=O) groups is 2. The van der Waals surface area contributed by atoms with Gasteiger partial charge in [-0.15, -0.1) is 0 Å². The van der Waals surface area contributed by atoms with Crippen LogP contribution in [0.4, 0.5) is 4.79 Å². The van der Waals surface area contributed by atoms with E-state index in [9.17, 15) is 9.59 Å². The molecular weight excluding hydrogens is 406 g/mol. The monoisotopic (exact) mass is 439 g/mol. The Labute approximate surface area is 190 Å². The molecule has 0 radical (unpaired) electrons. The molecule has 0 aliphatic carbocycles. The largest absolute Gasteiger partial charge is 0.460 e. The van der Waals surface area contributed by atoms with E-state index in [2.05, 4.69) is 9.80 Å². The lowest BCUT2D eigenvalue weighted by molar-refractivity contribution is -0.153. The normalized spacial score (nSPS) is 16.7. The number of hydrogen-bond acceptors (Lipinski definition) is 6. The van der Waals surface area contributed by atoms with E-state index in [1.54, 1.807) is 4.90 Å². The highest BCUT2D eigenvalue weighted by Gasteiger charge is 2.35. The average Bonchev–Trinajstić information content (AvgIpc) is 2.82. The third kappa shape index (κ3) is 7.35. The van der Waals surface area contributed by atoms with Crippen molar-refractivity contribution in [1.29, 1.82) is 0 Å². The van der Waals surface area contributed by atoms with Crippen LogP contribution < -0.4 is 0 Å². The molecule has 32 heavy (non-hydrogen) atoms. The highest BCUT2D eigenvalue weighted by atomic mass is 16.6. The van der Waals surface area contributed by atoms with Crippen LogP contribution in [-0.2, 0) is 27.5 Å². The summed E-state index contributed by atoms with van der Waals surface area (Å²) >= 11 is 0. The van der Waals surface area contributed by atoms with Gasteiger partial charge in [0.25, 0.3) is 0 Å². The standard InChI is InChI=1S/C25H33N3O4/c1-26(2)14-9-15-27-16-17-28(25(30)32-20-22-12-7-4-8-13-22)18-23(27)24(29)31-19-21-10-5-3-6-11-21/h3-8,10-13,23H,9,14-20H2,1-2H3. The highest BCUT2D eigenvalue weighted by molar-refractivity contribution is 5.78. The first-order chi connectivity index (χ1) is 15.5. The van der Waals surface area contributed by atoms with Gasteiger partial charge < -0.3 is 19.3 Å². The second-order valence-electron chi connectivity index (χ2n) is 8.29. The summed E-state index contributed by atoms with van der Waals surface area (Å²) in [6, 6.07) is 18.7. The zero-order valence-corrected chi connectivity index (χ0v) is 19.0. The number of benzene rings is 2. The summed E-state index contributed by atoms with van der Waals surface area (Å²) in [6.45, 7) is 3.55. The zero-order valence-electron chi connectivity index (χ0n) is 19.0. The maximum atomic E-state index is 13.0. The first kappa shape index (κ1) is 23.8. The summed E-state index contributed by atoms with van der Waals surface area (Å²) in [5.41, 5.74) is 1.87. The van der Waals surface area contributed by atoms with Crippen molar-refractivity contribution in [3.63, 3.8) is 0 Å². The second kappa shape index (κ2) is 12.2. The molecule has 0 N–H and O–H groups in total. The minimum atomic E-state index is -0.501. The smallest absolute Gasteiger partial charge is 0.410 e. The number of ether oxygens (including phenoxy) is 2. The van der Waals surface area contributed by atoms with Gasteiger partial charge in [0.1, 0.15) is 19.3 Å². The summed E-state index contributed by atoms with van der Waals surface area (Å²) in [4.78, 5) is 31.5. The fraction of sp³-hybridized carbons (Fsp3) is 0.440. The summed E-state index contributed by atoms with van der Waals surface area (Å²) in [6.07, 6.45) is 0.538. The van der Waals surface area contributed by atoms with E-state index in [4.69, 9.17) is 9.47 Å². The molecule has 2 aromatic rings. The molecule has 1 saturated heterocycles. The van der Waals surface area contributed by atoms with E-state index in [0.29, 0.717) is 13.1 Å². The lowest BCUT2D eigenvalue weighted by atomic mass is 10.1. The van der Waals surface area contributed by atoms with E-state index in [1.807, 2.05) is 74.8 Å². The van der Waals surface area contributed by atoms with Gasteiger partial charge in [-0.3, -0.25) is 9.69 Å². The number of amides is 1. The van der Waals surface area contributed by atoms with Crippen LogP contribution in [0.15, 0.2) is 60.7 Å². The van der Waals surface area contributed by atoms with Crippen LogP contribution in [0, 0.1) is 0 Å². The van der Waals surface area contributed by atoms with Crippen molar-refractivity contribution in [2.45, 2.75) is 25.7 Å². The topological polar surface area (TPSA) is 62.3 Å². The fourth-order valence-electron chi connectivity index (χ4n) is 3.70. The van der Waals surface area contributed by atoms with E-state index < -0.39 is 12.1 Å². The summed E-state index contributed by atoms with van der Waals surface area (Å²) in [5.74, 6) is -0.306. The molecule has 1 aliphatic heterocycles. The minimum absolute atomic E-state index is 0.214. The molecule has 7 heteroatoms. The molecule has 0 saturated carbocycles. The van der Waals surface area contributed by atoms with Crippen LogP contribution in [-0.4, -0.2) is 79.6 Å². The Hall–Kier alpha value is -2.90. The van der Waals surface area contributed by atoms with E-state index >= 15 is 0 Å². The van der Waals surface area contributed by atoms with Crippen molar-refractivity contribution in [2.24, 2.45) is 0 Å². The Morgan fingerprint density at radius 3 is 2.09 bits per heavy atom. The van der Waals surface area contributed by atoms with Gasteiger partial charge in [-0.25, -0.2) is 4.79 Å². The van der Waals surface area contributed by atoms with E-state index in [0.717, 1.165) is 30.6 Å². The van der Waals surface area contributed by atoms with Gasteiger partial charge in [0.05, 0.1) is 6.54 Å². The Kier molecular flexibility index (Phi) is 9.07. The summed E-state index contributed by atoms with van der Waals surface area (Å²) < 4.78 is 11.1. The Bertz CT molecular complexity index is 845. The van der Waals surface area contributed by atoms with Crippen LogP contribution >= 0.6 is 0 Å². The minimum Gasteiger partial charge on any atom is -0.460 e. The molecule has 1 fully saturated rings. The van der Waals surface area contributed by atoms with Crippen LogP contribution in [0.3, 0.4) is 0 Å². The molecule has 3 rings (SSSR count). The molecular formula is C25H33N3O4. The van der Waals surface area contributed by atoms with Crippen molar-refractivity contribution >= 4 is 12.1 Å². The molecule has 172 valence electrons. The number of carbonyl (C=O) groups excluding carboxylic acids is 2. The van der Waals surface area contributed by atoms with Crippen molar-refractivity contribution in [3.05, 3.63) is 71.8 Å². The quantitative estimate of drug-likeness (QED) is 0.560. The van der Waals surface area contributed by atoms with Crippen LogP contribution in [0.5, 0.6) is 0 Å². The van der Waals surface area contributed by atoms with Crippen LogP contribution in [0.2, 0.25) is 0 Å². The molecule has 0 bridgehead atoms. The molecule has 1 heterocycles. The predicted molar refractivity (Wildman–Crippen MR) is 123 cm³/mol. The number of hydrogen-bond donors (Lipinski definition) is 0. The highest BCUT2D eigenvalue weighted by Crippen LogP contribution is 2.15. The maximum Gasteiger partial charge on any atom is 0.410 e. The predicted octanol–water partition coefficient (Wildman–Crippen LogP) is 3.00. The first-order valence-electron chi connectivity index (χ1n) is 11.1. The molecule has 1 atom stereocenters. The summed E-state index contributed by atoms with van der Waals surface area (Å²) in [7, 11) is 4.07. The van der Waals surface area contributed by atoms with Crippen molar-refractivity contribution in [1.82, 2.24) is 14.7 Å². The molecule has 1 unspecified atom stereocenters. The van der Waals surface area contributed by atoms with Crippen LogP contribution in [0.1, 0.15) is 17.5 Å². The Morgan fingerprint density at radius 1 is 0.906 bits per heavy atom. The Balaban J connectivity index is 1.59. The molecule has 0 spiro atoms. The van der Waals surface area contributed by atoms with Gasteiger partial charge in [0.2, 0.25) is 0 Å². The van der Waals surface area contributed by atoms with Crippen molar-refractivity contribution < 1.29 is 19.1 Å². The molecule has 1 amide bonds. The molecule has 1 aliphatic rings. The lowest BCUT2D eigenvalue weighted by Gasteiger charge is -2.39. The zero-order chi connectivity index (χ0) is 22.8. The molecule has 7 nitrogen and oxygen atoms in total. The second-order valence-corrected chi connectivity index (χ2v) is 8.29. The number of piperazine rings is 1. The lowest BCUT2D eigenvalue weighted by Crippen LogP contribution is -2.58. The average molecular weight is 440 g/mol. The molecule has 2 aromatic carbocycles. The third-order valence-electron chi connectivity index (χ3n) is 5.50. The third-order valence-corrected chi connectivity index (χ3v) is 5.50. The van der Waals surface area contributed by atoms with E-state index in [-0.39, 0.29) is 25.7 Å². The maximum absolute atomic E-state index is 13.0. The number of rotatable bonds is 9. The number of esters is 1. The summed E-state index contributed by atoms with van der Waals surface area (Å²) in [5, 5.41) is 0. The SMILES string of the molecule is CN(C)CCCN1CCN(C(=O)OCc2ccccc2)CC1C(=O)OCc1ccccc1. The van der Waals surface area contributed by atoms with Crippen LogP contribution in [0.25, 0.3) is 0 Å². The Morgan fingerprint density at radius 2 is 1.50 bits per heavy atom. The van der Waals surface area contributed by atoms with E-state index in [1.165, 1.54) is 0 Å². The van der Waals surface area contributed by atoms with Gasteiger partial charge >= 0.3 is 12.1 Å². The molecule has 0 aromatic heterocycles.